The zero-order chi connectivity index (χ0) is 13.6. The largest absolute Gasteiger partial charge is 0.325 e. The van der Waals surface area contributed by atoms with E-state index in [2.05, 4.69) is 0 Å². The molecule has 3 heterocycles. The SMILES string of the molecule is CS(=O)(=O)N1CC[C@@H]2[C@@H]1CCN2C(=O)N1CCCC1. The summed E-state index contributed by atoms with van der Waals surface area (Å²) >= 11 is 0. The van der Waals surface area contributed by atoms with E-state index in [0.29, 0.717) is 13.1 Å². The molecular weight excluding hydrogens is 266 g/mol. The highest BCUT2D eigenvalue weighted by atomic mass is 32.2. The van der Waals surface area contributed by atoms with Gasteiger partial charge in [-0.15, -0.1) is 0 Å². The Morgan fingerprint density at radius 1 is 1.00 bits per heavy atom. The summed E-state index contributed by atoms with van der Waals surface area (Å²) in [6, 6.07) is 0.199. The Morgan fingerprint density at radius 2 is 1.63 bits per heavy atom. The molecule has 2 amide bonds. The van der Waals surface area contributed by atoms with Crippen LogP contribution in [-0.2, 0) is 10.0 Å². The fourth-order valence-corrected chi connectivity index (χ4v) is 4.86. The molecule has 2 atom stereocenters. The van der Waals surface area contributed by atoms with E-state index in [4.69, 9.17) is 0 Å². The Bertz CT molecular complexity index is 473. The molecule has 3 aliphatic heterocycles. The number of sulfonamides is 1. The summed E-state index contributed by atoms with van der Waals surface area (Å²) in [5, 5.41) is 0. The zero-order valence-electron chi connectivity index (χ0n) is 11.3. The number of fused-ring (bicyclic) bond motifs is 1. The minimum absolute atomic E-state index is 0.00144. The highest BCUT2D eigenvalue weighted by molar-refractivity contribution is 7.88. The lowest BCUT2D eigenvalue weighted by Gasteiger charge is -2.28. The summed E-state index contributed by atoms with van der Waals surface area (Å²) in [6.07, 6.45) is 4.99. The van der Waals surface area contributed by atoms with Gasteiger partial charge in [-0.1, -0.05) is 0 Å². The molecule has 108 valence electrons. The minimum Gasteiger partial charge on any atom is -0.325 e. The summed E-state index contributed by atoms with van der Waals surface area (Å²) in [6.45, 7) is 2.94. The molecule has 3 aliphatic rings. The van der Waals surface area contributed by atoms with Crippen molar-refractivity contribution in [2.75, 3.05) is 32.4 Å². The van der Waals surface area contributed by atoms with E-state index in [9.17, 15) is 13.2 Å². The zero-order valence-corrected chi connectivity index (χ0v) is 12.1. The van der Waals surface area contributed by atoms with Crippen molar-refractivity contribution in [1.29, 1.82) is 0 Å². The molecule has 0 radical (unpaired) electrons. The number of likely N-dealkylation sites (tertiary alicyclic amines) is 2. The van der Waals surface area contributed by atoms with E-state index in [1.807, 2.05) is 9.80 Å². The normalized spacial score (nSPS) is 32.1. The Morgan fingerprint density at radius 3 is 2.26 bits per heavy atom. The van der Waals surface area contributed by atoms with E-state index in [1.165, 1.54) is 6.26 Å². The van der Waals surface area contributed by atoms with Crippen LogP contribution >= 0.6 is 0 Å². The Kier molecular flexibility index (Phi) is 3.21. The van der Waals surface area contributed by atoms with Gasteiger partial charge in [-0.2, -0.15) is 4.31 Å². The minimum atomic E-state index is -3.14. The van der Waals surface area contributed by atoms with E-state index in [-0.39, 0.29) is 18.1 Å². The fourth-order valence-electron chi connectivity index (χ4n) is 3.69. The van der Waals surface area contributed by atoms with Gasteiger partial charge in [0.05, 0.1) is 12.3 Å². The van der Waals surface area contributed by atoms with Crippen LogP contribution in [0.5, 0.6) is 0 Å². The third kappa shape index (κ3) is 2.23. The molecule has 6 nitrogen and oxygen atoms in total. The summed E-state index contributed by atoms with van der Waals surface area (Å²) in [7, 11) is -3.14. The number of rotatable bonds is 1. The van der Waals surface area contributed by atoms with Gasteiger partial charge in [0.15, 0.2) is 0 Å². The molecule has 0 aliphatic carbocycles. The highest BCUT2D eigenvalue weighted by Crippen LogP contribution is 2.34. The van der Waals surface area contributed by atoms with Gasteiger partial charge in [-0.05, 0) is 25.7 Å². The Labute approximate surface area is 114 Å². The number of carbonyl (C=O) groups is 1. The smallest absolute Gasteiger partial charge is 0.320 e. The molecule has 0 unspecified atom stereocenters. The average molecular weight is 287 g/mol. The van der Waals surface area contributed by atoms with Gasteiger partial charge in [-0.3, -0.25) is 0 Å². The van der Waals surface area contributed by atoms with Gasteiger partial charge in [0.25, 0.3) is 0 Å². The van der Waals surface area contributed by atoms with Crippen LogP contribution in [0.3, 0.4) is 0 Å². The lowest BCUT2D eigenvalue weighted by molar-refractivity contribution is 0.157. The number of carbonyl (C=O) groups excluding carboxylic acids is 1. The van der Waals surface area contributed by atoms with Gasteiger partial charge in [0.1, 0.15) is 0 Å². The van der Waals surface area contributed by atoms with Crippen LogP contribution in [0.1, 0.15) is 25.7 Å². The Balaban J connectivity index is 1.73. The number of urea groups is 1. The lowest BCUT2D eigenvalue weighted by atomic mass is 10.1. The second-order valence-electron chi connectivity index (χ2n) is 5.76. The molecule has 3 rings (SSSR count). The van der Waals surface area contributed by atoms with E-state index in [1.54, 1.807) is 4.31 Å². The quantitative estimate of drug-likeness (QED) is 0.697. The third-order valence-electron chi connectivity index (χ3n) is 4.57. The van der Waals surface area contributed by atoms with Crippen LogP contribution < -0.4 is 0 Å². The molecule has 0 aromatic carbocycles. The molecule has 0 aromatic rings. The van der Waals surface area contributed by atoms with E-state index >= 15 is 0 Å². The second-order valence-corrected chi connectivity index (χ2v) is 7.69. The molecule has 3 saturated heterocycles. The fraction of sp³-hybridized carbons (Fsp3) is 0.917. The number of hydrogen-bond acceptors (Lipinski definition) is 3. The van der Waals surface area contributed by atoms with E-state index in [0.717, 1.165) is 38.8 Å². The average Bonchev–Trinajstić information content (AvgIpc) is 3.03. The number of hydrogen-bond donors (Lipinski definition) is 0. The topological polar surface area (TPSA) is 60.9 Å². The van der Waals surface area contributed by atoms with Crippen molar-refractivity contribution in [1.82, 2.24) is 14.1 Å². The molecule has 7 heteroatoms. The van der Waals surface area contributed by atoms with Crippen molar-refractivity contribution < 1.29 is 13.2 Å². The first kappa shape index (κ1) is 13.2. The summed E-state index contributed by atoms with van der Waals surface area (Å²) in [4.78, 5) is 16.2. The standard InChI is InChI=1S/C12H21N3O3S/c1-19(17,18)15-9-5-10-11(15)4-8-14(10)12(16)13-6-2-3-7-13/h10-11H,2-9H2,1H3/t10-,11+/m1/s1. The van der Waals surface area contributed by atoms with Crippen LogP contribution in [0.15, 0.2) is 0 Å². The van der Waals surface area contributed by atoms with Gasteiger partial charge < -0.3 is 9.80 Å². The van der Waals surface area contributed by atoms with Crippen molar-refractivity contribution in [2.24, 2.45) is 0 Å². The maximum absolute atomic E-state index is 12.4. The molecule has 19 heavy (non-hydrogen) atoms. The van der Waals surface area contributed by atoms with Crippen molar-refractivity contribution in [3.05, 3.63) is 0 Å². The maximum atomic E-state index is 12.4. The van der Waals surface area contributed by atoms with Crippen LogP contribution in [-0.4, -0.2) is 73.1 Å². The van der Waals surface area contributed by atoms with Crippen molar-refractivity contribution >= 4 is 16.1 Å². The second kappa shape index (κ2) is 4.63. The molecule has 0 aromatic heterocycles. The van der Waals surface area contributed by atoms with Gasteiger partial charge in [-0.25, -0.2) is 13.2 Å². The van der Waals surface area contributed by atoms with Gasteiger partial charge in [0.2, 0.25) is 10.0 Å². The van der Waals surface area contributed by atoms with Gasteiger partial charge >= 0.3 is 6.03 Å². The highest BCUT2D eigenvalue weighted by Gasteiger charge is 2.48. The summed E-state index contributed by atoms with van der Waals surface area (Å²) in [5.41, 5.74) is 0. The molecular formula is C12H21N3O3S. The Hall–Kier alpha value is -0.820. The van der Waals surface area contributed by atoms with Gasteiger partial charge in [0, 0.05) is 32.2 Å². The first-order chi connectivity index (χ1) is 8.98. The van der Waals surface area contributed by atoms with Crippen LogP contribution in [0.25, 0.3) is 0 Å². The monoisotopic (exact) mass is 287 g/mol. The first-order valence-corrected chi connectivity index (χ1v) is 8.85. The van der Waals surface area contributed by atoms with Crippen LogP contribution in [0.2, 0.25) is 0 Å². The predicted molar refractivity (Wildman–Crippen MR) is 71.3 cm³/mol. The summed E-state index contributed by atoms with van der Waals surface area (Å²) < 4.78 is 25.0. The summed E-state index contributed by atoms with van der Waals surface area (Å²) in [5.74, 6) is 0. The molecule has 0 N–H and O–H groups in total. The molecule has 0 spiro atoms. The van der Waals surface area contributed by atoms with Crippen LogP contribution in [0, 0.1) is 0 Å². The van der Waals surface area contributed by atoms with Crippen molar-refractivity contribution in [3.8, 4) is 0 Å². The van der Waals surface area contributed by atoms with E-state index < -0.39 is 10.0 Å². The van der Waals surface area contributed by atoms with Crippen LogP contribution in [0.4, 0.5) is 4.79 Å². The first-order valence-electron chi connectivity index (χ1n) is 7.01. The van der Waals surface area contributed by atoms with Crippen molar-refractivity contribution in [3.63, 3.8) is 0 Å². The third-order valence-corrected chi connectivity index (χ3v) is 5.88. The number of amides is 2. The van der Waals surface area contributed by atoms with Crippen molar-refractivity contribution in [2.45, 2.75) is 37.8 Å². The lowest BCUT2D eigenvalue weighted by Crippen LogP contribution is -2.46. The molecule has 0 bridgehead atoms. The molecule has 3 fully saturated rings. The molecule has 0 saturated carbocycles. The maximum Gasteiger partial charge on any atom is 0.320 e. The predicted octanol–water partition coefficient (Wildman–Crippen LogP) is 0.310. The number of nitrogens with zero attached hydrogens (tertiary/aromatic N) is 3.